The van der Waals surface area contributed by atoms with Crippen molar-refractivity contribution in [2.75, 3.05) is 0 Å². The van der Waals surface area contributed by atoms with Crippen molar-refractivity contribution in [3.05, 3.63) is 51.3 Å². The zero-order chi connectivity index (χ0) is 14.2. The fourth-order valence-electron chi connectivity index (χ4n) is 2.00. The second-order valence-corrected chi connectivity index (χ2v) is 4.97. The SMILES string of the molecule is Cc1cc(C(=O)O)ccc1Cn1nc(C)c(Cl)c1C. The van der Waals surface area contributed by atoms with E-state index >= 15 is 0 Å². The Balaban J connectivity index is 2.33. The second-order valence-electron chi connectivity index (χ2n) is 4.59. The van der Waals surface area contributed by atoms with E-state index in [0.717, 1.165) is 22.5 Å². The first-order valence-corrected chi connectivity index (χ1v) is 6.30. The Morgan fingerprint density at radius 3 is 2.53 bits per heavy atom. The van der Waals surface area contributed by atoms with Crippen molar-refractivity contribution in [1.82, 2.24) is 9.78 Å². The van der Waals surface area contributed by atoms with Crippen LogP contribution in [0.5, 0.6) is 0 Å². The number of nitrogens with zero attached hydrogens (tertiary/aromatic N) is 2. The maximum atomic E-state index is 10.9. The van der Waals surface area contributed by atoms with Gasteiger partial charge in [0.25, 0.3) is 0 Å². The number of aromatic carboxylic acids is 1. The van der Waals surface area contributed by atoms with Crippen LogP contribution in [0.15, 0.2) is 18.2 Å². The largest absolute Gasteiger partial charge is 0.478 e. The normalized spacial score (nSPS) is 10.7. The molecule has 100 valence electrons. The molecule has 0 fully saturated rings. The van der Waals surface area contributed by atoms with Gasteiger partial charge in [-0.3, -0.25) is 4.68 Å². The van der Waals surface area contributed by atoms with Crippen molar-refractivity contribution in [3.8, 4) is 0 Å². The fraction of sp³-hybridized carbons (Fsp3) is 0.286. The number of carboxylic acids is 1. The molecule has 0 saturated carbocycles. The van der Waals surface area contributed by atoms with Crippen molar-refractivity contribution in [2.24, 2.45) is 0 Å². The molecule has 0 aliphatic rings. The zero-order valence-electron chi connectivity index (χ0n) is 11.1. The van der Waals surface area contributed by atoms with Gasteiger partial charge in [0, 0.05) is 0 Å². The highest BCUT2D eigenvalue weighted by Gasteiger charge is 2.11. The predicted molar refractivity (Wildman–Crippen MR) is 74.0 cm³/mol. The summed E-state index contributed by atoms with van der Waals surface area (Å²) in [5, 5.41) is 14.0. The fourth-order valence-corrected chi connectivity index (χ4v) is 2.13. The summed E-state index contributed by atoms with van der Waals surface area (Å²) in [5.41, 5.74) is 3.99. The van der Waals surface area contributed by atoms with Gasteiger partial charge in [0.05, 0.1) is 28.5 Å². The second kappa shape index (κ2) is 5.05. The first-order chi connectivity index (χ1) is 8.90. The minimum atomic E-state index is -0.913. The van der Waals surface area contributed by atoms with E-state index < -0.39 is 5.97 Å². The van der Waals surface area contributed by atoms with Crippen LogP contribution in [0.4, 0.5) is 0 Å². The molecule has 4 nitrogen and oxygen atoms in total. The summed E-state index contributed by atoms with van der Waals surface area (Å²) < 4.78 is 1.83. The van der Waals surface area contributed by atoms with Gasteiger partial charge in [-0.15, -0.1) is 0 Å². The standard InChI is InChI=1S/C14H15ClN2O2/c1-8-6-11(14(18)19)4-5-12(8)7-17-10(3)13(15)9(2)16-17/h4-6H,7H2,1-3H3,(H,18,19). The van der Waals surface area contributed by atoms with Gasteiger partial charge < -0.3 is 5.11 Å². The van der Waals surface area contributed by atoms with Gasteiger partial charge in [-0.2, -0.15) is 5.10 Å². The summed E-state index contributed by atoms with van der Waals surface area (Å²) in [5.74, 6) is -0.913. The molecule has 2 aromatic rings. The molecule has 19 heavy (non-hydrogen) atoms. The van der Waals surface area contributed by atoms with E-state index in [1.54, 1.807) is 12.1 Å². The van der Waals surface area contributed by atoms with Crippen LogP contribution in [-0.2, 0) is 6.54 Å². The van der Waals surface area contributed by atoms with E-state index in [0.29, 0.717) is 17.1 Å². The molecule has 0 spiro atoms. The van der Waals surface area contributed by atoms with Crippen LogP contribution >= 0.6 is 11.6 Å². The first-order valence-electron chi connectivity index (χ1n) is 5.92. The zero-order valence-corrected chi connectivity index (χ0v) is 11.8. The third kappa shape index (κ3) is 2.63. The van der Waals surface area contributed by atoms with Crippen LogP contribution < -0.4 is 0 Å². The lowest BCUT2D eigenvalue weighted by molar-refractivity contribution is 0.0697. The molecule has 0 saturated heterocycles. The number of hydrogen-bond donors (Lipinski definition) is 1. The molecule has 0 unspecified atom stereocenters. The van der Waals surface area contributed by atoms with E-state index in [-0.39, 0.29) is 0 Å². The first kappa shape index (κ1) is 13.6. The Bertz CT molecular complexity index is 647. The number of carboxylic acid groups (broad SMARTS) is 1. The maximum Gasteiger partial charge on any atom is 0.335 e. The minimum Gasteiger partial charge on any atom is -0.478 e. The van der Waals surface area contributed by atoms with Crippen molar-refractivity contribution >= 4 is 17.6 Å². The Labute approximate surface area is 116 Å². The number of carbonyl (C=O) groups is 1. The minimum absolute atomic E-state index is 0.299. The summed E-state index contributed by atoms with van der Waals surface area (Å²) in [7, 11) is 0. The van der Waals surface area contributed by atoms with Crippen LogP contribution in [0.25, 0.3) is 0 Å². The summed E-state index contributed by atoms with van der Waals surface area (Å²) >= 11 is 6.11. The number of hydrogen-bond acceptors (Lipinski definition) is 2. The van der Waals surface area contributed by atoms with Crippen molar-refractivity contribution in [2.45, 2.75) is 27.3 Å². The molecule has 2 rings (SSSR count). The summed E-state index contributed by atoms with van der Waals surface area (Å²) in [6, 6.07) is 5.10. The van der Waals surface area contributed by atoms with E-state index in [9.17, 15) is 4.79 Å². The topological polar surface area (TPSA) is 55.1 Å². The van der Waals surface area contributed by atoms with Crippen molar-refractivity contribution in [3.63, 3.8) is 0 Å². The van der Waals surface area contributed by atoms with Gasteiger partial charge in [-0.25, -0.2) is 4.79 Å². The maximum absolute atomic E-state index is 10.9. The Hall–Kier alpha value is -1.81. The van der Waals surface area contributed by atoms with Crippen LogP contribution in [-0.4, -0.2) is 20.9 Å². The number of aryl methyl sites for hydroxylation is 2. The molecular weight excluding hydrogens is 264 g/mol. The molecule has 0 radical (unpaired) electrons. The van der Waals surface area contributed by atoms with Gasteiger partial charge in [0.1, 0.15) is 0 Å². The third-order valence-corrected chi connectivity index (χ3v) is 3.75. The lowest BCUT2D eigenvalue weighted by atomic mass is 10.1. The molecule has 0 amide bonds. The number of rotatable bonds is 3. The molecule has 0 aliphatic carbocycles. The van der Waals surface area contributed by atoms with Crippen LogP contribution in [0.1, 0.15) is 32.9 Å². The van der Waals surface area contributed by atoms with Gasteiger partial charge in [-0.1, -0.05) is 17.7 Å². The highest BCUT2D eigenvalue weighted by molar-refractivity contribution is 6.31. The molecule has 0 aliphatic heterocycles. The van der Waals surface area contributed by atoms with Crippen LogP contribution in [0.3, 0.4) is 0 Å². The van der Waals surface area contributed by atoms with Gasteiger partial charge in [-0.05, 0) is 44.0 Å². The Morgan fingerprint density at radius 1 is 1.37 bits per heavy atom. The van der Waals surface area contributed by atoms with E-state index in [4.69, 9.17) is 16.7 Å². The lowest BCUT2D eigenvalue weighted by Crippen LogP contribution is -2.06. The predicted octanol–water partition coefficient (Wildman–Crippen LogP) is 3.21. The molecule has 1 aromatic heterocycles. The highest BCUT2D eigenvalue weighted by atomic mass is 35.5. The smallest absolute Gasteiger partial charge is 0.335 e. The molecule has 0 bridgehead atoms. The van der Waals surface area contributed by atoms with E-state index in [1.807, 2.05) is 31.5 Å². The molecular formula is C14H15ClN2O2. The molecule has 1 heterocycles. The van der Waals surface area contributed by atoms with Gasteiger partial charge in [0.15, 0.2) is 0 Å². The summed E-state index contributed by atoms with van der Waals surface area (Å²) in [4.78, 5) is 10.9. The molecule has 1 aromatic carbocycles. The Kier molecular flexibility index (Phi) is 3.62. The number of aromatic nitrogens is 2. The molecule has 5 heteroatoms. The number of halogens is 1. The lowest BCUT2D eigenvalue weighted by Gasteiger charge is -2.09. The summed E-state index contributed by atoms with van der Waals surface area (Å²) in [6.07, 6.45) is 0. The van der Waals surface area contributed by atoms with Crippen molar-refractivity contribution < 1.29 is 9.90 Å². The van der Waals surface area contributed by atoms with Crippen molar-refractivity contribution in [1.29, 1.82) is 0 Å². The highest BCUT2D eigenvalue weighted by Crippen LogP contribution is 2.21. The average Bonchev–Trinajstić information content (AvgIpc) is 2.59. The van der Waals surface area contributed by atoms with Gasteiger partial charge in [0.2, 0.25) is 0 Å². The Morgan fingerprint density at radius 2 is 2.05 bits per heavy atom. The average molecular weight is 279 g/mol. The quantitative estimate of drug-likeness (QED) is 0.938. The van der Waals surface area contributed by atoms with Gasteiger partial charge >= 0.3 is 5.97 Å². The van der Waals surface area contributed by atoms with Crippen LogP contribution in [0, 0.1) is 20.8 Å². The number of benzene rings is 1. The molecule has 0 atom stereocenters. The third-order valence-electron chi connectivity index (χ3n) is 3.20. The van der Waals surface area contributed by atoms with E-state index in [2.05, 4.69) is 5.10 Å². The summed E-state index contributed by atoms with van der Waals surface area (Å²) in [6.45, 7) is 6.27. The van der Waals surface area contributed by atoms with Crippen LogP contribution in [0.2, 0.25) is 5.02 Å². The molecule has 1 N–H and O–H groups in total. The van der Waals surface area contributed by atoms with E-state index in [1.165, 1.54) is 0 Å². The monoisotopic (exact) mass is 278 g/mol.